The van der Waals surface area contributed by atoms with Crippen molar-refractivity contribution in [3.8, 4) is 0 Å². The normalized spacial score (nSPS) is 12.7. The van der Waals surface area contributed by atoms with Crippen molar-refractivity contribution >= 4 is 15.9 Å². The molecule has 0 aliphatic carbocycles. The van der Waals surface area contributed by atoms with E-state index in [0.717, 1.165) is 23.1 Å². The molecule has 4 nitrogen and oxygen atoms in total. The van der Waals surface area contributed by atoms with Crippen LogP contribution in [0.3, 0.4) is 0 Å². The second kappa shape index (κ2) is 6.52. The first-order valence-electron chi connectivity index (χ1n) is 6.83. The van der Waals surface area contributed by atoms with Crippen LogP contribution in [0.5, 0.6) is 0 Å². The molecule has 0 aliphatic rings. The van der Waals surface area contributed by atoms with Gasteiger partial charge in [-0.05, 0) is 47.3 Å². The lowest BCUT2D eigenvalue weighted by Crippen LogP contribution is -2.31. The molecule has 108 valence electrons. The van der Waals surface area contributed by atoms with Crippen molar-refractivity contribution in [2.75, 3.05) is 0 Å². The van der Waals surface area contributed by atoms with Crippen LogP contribution in [0.25, 0.3) is 0 Å². The van der Waals surface area contributed by atoms with Gasteiger partial charge in [0.15, 0.2) is 0 Å². The fourth-order valence-corrected chi connectivity index (χ4v) is 3.04. The van der Waals surface area contributed by atoms with Gasteiger partial charge in [0.1, 0.15) is 0 Å². The quantitative estimate of drug-likeness (QED) is 0.651. The van der Waals surface area contributed by atoms with Crippen molar-refractivity contribution < 1.29 is 0 Å². The molecule has 20 heavy (non-hydrogen) atoms. The number of nitrogens with zero attached hydrogens (tertiary/aromatic N) is 2. The largest absolute Gasteiger partial charge is 0.271 e. The fraction of sp³-hybridized carbons (Fsp3) is 0.400. The lowest BCUT2D eigenvalue weighted by molar-refractivity contribution is 0.518. The number of nitrogens with two attached hydrogens (primary N) is 1. The number of hydrogen-bond donors (Lipinski definition) is 2. The first-order valence-corrected chi connectivity index (χ1v) is 7.62. The van der Waals surface area contributed by atoms with Gasteiger partial charge in [-0.3, -0.25) is 10.5 Å². The van der Waals surface area contributed by atoms with Crippen LogP contribution in [0.15, 0.2) is 28.9 Å². The zero-order valence-electron chi connectivity index (χ0n) is 12.2. The Bertz CT molecular complexity index is 592. The summed E-state index contributed by atoms with van der Waals surface area (Å²) in [5.41, 5.74) is 7.66. The number of nitrogens with one attached hydrogen (secondary N) is 1. The van der Waals surface area contributed by atoms with Crippen LogP contribution in [0, 0.1) is 13.8 Å². The minimum Gasteiger partial charge on any atom is -0.271 e. The molecule has 1 heterocycles. The standard InChI is InChI=1S/C15H21BrN4/c1-4-7-20-15(13(16)9-18-20)14(19-17)12-6-5-10(2)8-11(12)3/h5-6,8-9,14,19H,4,7,17H2,1-3H3. The lowest BCUT2D eigenvalue weighted by atomic mass is 9.97. The minimum atomic E-state index is -0.0703. The van der Waals surface area contributed by atoms with Crippen LogP contribution in [0.2, 0.25) is 0 Å². The summed E-state index contributed by atoms with van der Waals surface area (Å²) in [5, 5.41) is 4.42. The summed E-state index contributed by atoms with van der Waals surface area (Å²) >= 11 is 3.59. The van der Waals surface area contributed by atoms with E-state index in [9.17, 15) is 0 Å². The van der Waals surface area contributed by atoms with Crippen LogP contribution >= 0.6 is 15.9 Å². The van der Waals surface area contributed by atoms with Crippen LogP contribution in [-0.4, -0.2) is 9.78 Å². The summed E-state index contributed by atoms with van der Waals surface area (Å²) in [7, 11) is 0. The van der Waals surface area contributed by atoms with Gasteiger partial charge in [-0.2, -0.15) is 5.10 Å². The molecule has 0 saturated heterocycles. The van der Waals surface area contributed by atoms with Crippen molar-refractivity contribution in [1.82, 2.24) is 15.2 Å². The highest BCUT2D eigenvalue weighted by Gasteiger charge is 2.22. The van der Waals surface area contributed by atoms with Gasteiger partial charge in [0, 0.05) is 6.54 Å². The topological polar surface area (TPSA) is 55.9 Å². The Morgan fingerprint density at radius 3 is 2.75 bits per heavy atom. The van der Waals surface area contributed by atoms with Crippen molar-refractivity contribution in [1.29, 1.82) is 0 Å². The molecule has 2 aromatic rings. The van der Waals surface area contributed by atoms with Gasteiger partial charge in [-0.1, -0.05) is 30.7 Å². The first kappa shape index (κ1) is 15.2. The van der Waals surface area contributed by atoms with Gasteiger partial charge in [-0.25, -0.2) is 5.43 Å². The summed E-state index contributed by atoms with van der Waals surface area (Å²) in [5.74, 6) is 5.82. The minimum absolute atomic E-state index is 0.0703. The summed E-state index contributed by atoms with van der Waals surface area (Å²) in [6.07, 6.45) is 2.87. The number of rotatable bonds is 5. The van der Waals surface area contributed by atoms with Crippen LogP contribution in [0.1, 0.15) is 41.8 Å². The summed E-state index contributed by atoms with van der Waals surface area (Å²) in [6, 6.07) is 6.35. The first-order chi connectivity index (χ1) is 9.58. The van der Waals surface area contributed by atoms with Gasteiger partial charge < -0.3 is 0 Å². The van der Waals surface area contributed by atoms with Crippen molar-refractivity contribution in [2.45, 2.75) is 39.8 Å². The maximum absolute atomic E-state index is 5.82. The molecule has 1 aromatic carbocycles. The molecule has 0 amide bonds. The Morgan fingerprint density at radius 1 is 1.40 bits per heavy atom. The molecule has 0 saturated carbocycles. The highest BCUT2D eigenvalue weighted by molar-refractivity contribution is 9.10. The third kappa shape index (κ3) is 2.95. The van der Waals surface area contributed by atoms with E-state index >= 15 is 0 Å². The molecule has 2 rings (SSSR count). The zero-order valence-corrected chi connectivity index (χ0v) is 13.7. The van der Waals surface area contributed by atoms with Gasteiger partial charge >= 0.3 is 0 Å². The molecule has 0 fully saturated rings. The Hall–Kier alpha value is -1.17. The van der Waals surface area contributed by atoms with E-state index in [0.29, 0.717) is 0 Å². The van der Waals surface area contributed by atoms with Gasteiger partial charge in [-0.15, -0.1) is 0 Å². The van der Waals surface area contributed by atoms with E-state index < -0.39 is 0 Å². The highest BCUT2D eigenvalue weighted by atomic mass is 79.9. The molecule has 0 radical (unpaired) electrons. The number of benzene rings is 1. The van der Waals surface area contributed by atoms with Crippen LogP contribution in [0.4, 0.5) is 0 Å². The fourth-order valence-electron chi connectivity index (χ4n) is 2.51. The highest BCUT2D eigenvalue weighted by Crippen LogP contribution is 2.30. The average Bonchev–Trinajstić information content (AvgIpc) is 2.75. The number of aromatic nitrogens is 2. The van der Waals surface area contributed by atoms with Gasteiger partial charge in [0.2, 0.25) is 0 Å². The van der Waals surface area contributed by atoms with Gasteiger partial charge in [0.25, 0.3) is 0 Å². The Labute approximate surface area is 128 Å². The molecule has 1 aromatic heterocycles. The van der Waals surface area contributed by atoms with Crippen molar-refractivity contribution in [2.24, 2.45) is 5.84 Å². The molecule has 5 heteroatoms. The van der Waals surface area contributed by atoms with E-state index in [1.165, 1.54) is 16.7 Å². The number of aryl methyl sites for hydroxylation is 3. The zero-order chi connectivity index (χ0) is 14.7. The SMILES string of the molecule is CCCn1ncc(Br)c1C(NN)c1ccc(C)cc1C. The second-order valence-corrected chi connectivity index (χ2v) is 5.91. The number of hydrazine groups is 1. The summed E-state index contributed by atoms with van der Waals surface area (Å²) in [6.45, 7) is 7.23. The predicted octanol–water partition coefficient (Wildman–Crippen LogP) is 3.23. The van der Waals surface area contributed by atoms with E-state index in [1.807, 2.05) is 10.9 Å². The molecule has 3 N–H and O–H groups in total. The Kier molecular flexibility index (Phi) is 4.96. The maximum atomic E-state index is 5.82. The predicted molar refractivity (Wildman–Crippen MR) is 85.3 cm³/mol. The Morgan fingerprint density at radius 2 is 2.15 bits per heavy atom. The van der Waals surface area contributed by atoms with Crippen molar-refractivity contribution in [3.63, 3.8) is 0 Å². The van der Waals surface area contributed by atoms with E-state index in [4.69, 9.17) is 5.84 Å². The third-order valence-electron chi connectivity index (χ3n) is 3.45. The average molecular weight is 337 g/mol. The summed E-state index contributed by atoms with van der Waals surface area (Å²) in [4.78, 5) is 0. The summed E-state index contributed by atoms with van der Waals surface area (Å²) < 4.78 is 2.99. The van der Waals surface area contributed by atoms with E-state index in [2.05, 4.69) is 65.4 Å². The molecule has 0 spiro atoms. The van der Waals surface area contributed by atoms with Crippen LogP contribution < -0.4 is 11.3 Å². The number of hydrogen-bond acceptors (Lipinski definition) is 3. The monoisotopic (exact) mass is 336 g/mol. The Balaban J connectivity index is 2.49. The molecule has 1 unspecified atom stereocenters. The van der Waals surface area contributed by atoms with Crippen LogP contribution in [-0.2, 0) is 6.54 Å². The second-order valence-electron chi connectivity index (χ2n) is 5.06. The molecule has 0 bridgehead atoms. The molecular formula is C15H21BrN4. The molecular weight excluding hydrogens is 316 g/mol. The smallest absolute Gasteiger partial charge is 0.0892 e. The lowest BCUT2D eigenvalue weighted by Gasteiger charge is -2.21. The maximum Gasteiger partial charge on any atom is 0.0892 e. The third-order valence-corrected chi connectivity index (χ3v) is 4.06. The van der Waals surface area contributed by atoms with Crippen molar-refractivity contribution in [3.05, 3.63) is 51.3 Å². The van der Waals surface area contributed by atoms with E-state index in [1.54, 1.807) is 0 Å². The molecule has 0 aliphatic heterocycles. The number of halogens is 1. The van der Waals surface area contributed by atoms with E-state index in [-0.39, 0.29) is 6.04 Å². The molecule has 1 atom stereocenters. The van der Waals surface area contributed by atoms with Gasteiger partial charge in [0.05, 0.1) is 22.4 Å².